The first-order chi connectivity index (χ1) is 16.1. The van der Waals surface area contributed by atoms with E-state index in [4.69, 9.17) is 0 Å². The minimum Gasteiger partial charge on any atom is -0.492 e. The maximum atomic E-state index is 14.3. The summed E-state index contributed by atoms with van der Waals surface area (Å²) in [6, 6.07) is 15.4. The van der Waals surface area contributed by atoms with Crippen LogP contribution in [0.2, 0.25) is 0 Å². The number of rotatable bonds is 6. The fraction of sp³-hybridized carbons (Fsp3) is 0.360. The first-order valence-electron chi connectivity index (χ1n) is 11.5. The molecule has 2 aromatic carbocycles. The van der Waals surface area contributed by atoms with Gasteiger partial charge in [-0.2, -0.15) is 4.52 Å². The zero-order chi connectivity index (χ0) is 22.9. The van der Waals surface area contributed by atoms with E-state index in [0.717, 1.165) is 42.2 Å². The Morgan fingerprint density at radius 1 is 1.00 bits per heavy atom. The lowest BCUT2D eigenvalue weighted by atomic mass is 10.0. The number of hydrogen-bond acceptors (Lipinski definition) is 6. The van der Waals surface area contributed by atoms with E-state index >= 15 is 0 Å². The number of fused-ring (bicyclic) bond motifs is 1. The second-order valence-electron chi connectivity index (χ2n) is 8.34. The molecule has 1 aliphatic heterocycles. The highest BCUT2D eigenvalue weighted by Crippen LogP contribution is 2.40. The maximum Gasteiger partial charge on any atom is 0.230 e. The summed E-state index contributed by atoms with van der Waals surface area (Å²) < 4.78 is 15.9. The monoisotopic (exact) mass is 465 g/mol. The molecule has 0 aliphatic carbocycles. The van der Waals surface area contributed by atoms with Crippen molar-refractivity contribution in [3.63, 3.8) is 0 Å². The van der Waals surface area contributed by atoms with Crippen molar-refractivity contribution in [2.24, 2.45) is 0 Å². The van der Waals surface area contributed by atoms with E-state index in [1.54, 1.807) is 10.6 Å². The van der Waals surface area contributed by atoms with E-state index in [2.05, 4.69) is 51.1 Å². The standard InChI is InChI=1S/C25H28FN5OS/c1-3-17-9-11-18(12-10-17)22(23-24(32)31-25(33-23)27-21(4-2)28-31)30-15-13-29(14-16-30)20-8-6-5-7-19(20)26/h5-12,22,32H,3-4,13-16H2,1-2H3/t22-/m0/s1. The van der Waals surface area contributed by atoms with Crippen LogP contribution >= 0.6 is 11.3 Å². The molecule has 4 aromatic rings. The van der Waals surface area contributed by atoms with Gasteiger partial charge in [-0.25, -0.2) is 9.37 Å². The van der Waals surface area contributed by atoms with E-state index in [1.165, 1.54) is 23.0 Å². The van der Waals surface area contributed by atoms with E-state index in [0.29, 0.717) is 23.7 Å². The smallest absolute Gasteiger partial charge is 0.230 e. The number of halogens is 1. The zero-order valence-corrected chi connectivity index (χ0v) is 19.7. The molecular formula is C25H28FN5OS. The molecule has 0 amide bonds. The lowest BCUT2D eigenvalue weighted by Crippen LogP contribution is -2.48. The van der Waals surface area contributed by atoms with Crippen molar-refractivity contribution in [1.29, 1.82) is 0 Å². The molecule has 33 heavy (non-hydrogen) atoms. The third kappa shape index (κ3) is 4.09. The first kappa shape index (κ1) is 21.9. The molecule has 0 radical (unpaired) electrons. The van der Waals surface area contributed by atoms with Crippen LogP contribution in [0.4, 0.5) is 10.1 Å². The molecule has 0 saturated carbocycles. The highest BCUT2D eigenvalue weighted by atomic mass is 32.1. The van der Waals surface area contributed by atoms with Crippen LogP contribution in [-0.4, -0.2) is 50.8 Å². The Morgan fingerprint density at radius 2 is 1.73 bits per heavy atom. The third-order valence-electron chi connectivity index (χ3n) is 6.38. The highest BCUT2D eigenvalue weighted by Gasteiger charge is 2.32. The van der Waals surface area contributed by atoms with Gasteiger partial charge < -0.3 is 10.0 Å². The number of piperazine rings is 1. The van der Waals surface area contributed by atoms with E-state index in [-0.39, 0.29) is 17.7 Å². The van der Waals surface area contributed by atoms with Crippen LogP contribution in [0.5, 0.6) is 5.88 Å². The summed E-state index contributed by atoms with van der Waals surface area (Å²) in [7, 11) is 0. The molecule has 5 rings (SSSR count). The molecule has 8 heteroatoms. The third-order valence-corrected chi connectivity index (χ3v) is 7.46. The Morgan fingerprint density at radius 3 is 2.36 bits per heavy atom. The van der Waals surface area contributed by atoms with Gasteiger partial charge in [0.05, 0.1) is 16.6 Å². The van der Waals surface area contributed by atoms with Crippen LogP contribution in [0.3, 0.4) is 0 Å². The van der Waals surface area contributed by atoms with Crippen molar-refractivity contribution in [2.45, 2.75) is 32.7 Å². The molecule has 2 aromatic heterocycles. The summed E-state index contributed by atoms with van der Waals surface area (Å²) >= 11 is 1.49. The summed E-state index contributed by atoms with van der Waals surface area (Å²) in [5, 5.41) is 15.6. The van der Waals surface area contributed by atoms with Gasteiger partial charge in [0.2, 0.25) is 10.8 Å². The van der Waals surface area contributed by atoms with Crippen molar-refractivity contribution < 1.29 is 9.50 Å². The van der Waals surface area contributed by atoms with Crippen molar-refractivity contribution in [2.75, 3.05) is 31.1 Å². The molecule has 0 unspecified atom stereocenters. The van der Waals surface area contributed by atoms with Gasteiger partial charge in [0, 0.05) is 32.6 Å². The van der Waals surface area contributed by atoms with Crippen LogP contribution in [0, 0.1) is 5.82 Å². The van der Waals surface area contributed by atoms with Crippen LogP contribution < -0.4 is 4.90 Å². The molecular weight excluding hydrogens is 437 g/mol. The molecule has 0 bridgehead atoms. The molecule has 1 saturated heterocycles. The maximum absolute atomic E-state index is 14.3. The number of para-hydroxylation sites is 1. The number of thiazole rings is 1. The second-order valence-corrected chi connectivity index (χ2v) is 9.35. The SMILES string of the molecule is CCc1ccc([C@@H](c2sc3nc(CC)nn3c2O)N2CCN(c3ccccc3F)CC2)cc1. The van der Waals surface area contributed by atoms with Gasteiger partial charge in [0.1, 0.15) is 5.82 Å². The number of aromatic nitrogens is 3. The average molecular weight is 466 g/mol. The minimum atomic E-state index is -0.187. The Hall–Kier alpha value is -2.97. The molecule has 0 spiro atoms. The lowest BCUT2D eigenvalue weighted by molar-refractivity contribution is 0.210. The first-order valence-corrected chi connectivity index (χ1v) is 12.3. The summed E-state index contributed by atoms with van der Waals surface area (Å²) in [4.78, 5) is 10.6. The normalized spacial score (nSPS) is 15.9. The van der Waals surface area contributed by atoms with Gasteiger partial charge in [0.15, 0.2) is 5.82 Å². The Bertz CT molecular complexity index is 1240. The molecule has 3 heterocycles. The summed E-state index contributed by atoms with van der Waals surface area (Å²) in [5.74, 6) is 0.696. The molecule has 6 nitrogen and oxygen atoms in total. The van der Waals surface area contributed by atoms with Crippen molar-refractivity contribution in [1.82, 2.24) is 19.5 Å². The van der Waals surface area contributed by atoms with Gasteiger partial charge in [-0.15, -0.1) is 5.10 Å². The number of nitrogens with zero attached hydrogens (tertiary/aromatic N) is 5. The minimum absolute atomic E-state index is 0.114. The van der Waals surface area contributed by atoms with Crippen LogP contribution in [0.1, 0.15) is 41.7 Å². The number of aryl methyl sites for hydroxylation is 2. The Labute approximate surface area is 196 Å². The number of aromatic hydroxyl groups is 1. The second kappa shape index (κ2) is 9.11. The quantitative estimate of drug-likeness (QED) is 0.448. The van der Waals surface area contributed by atoms with Crippen molar-refractivity contribution in [3.8, 4) is 5.88 Å². The predicted octanol–water partition coefficient (Wildman–Crippen LogP) is 4.67. The zero-order valence-electron chi connectivity index (χ0n) is 18.9. The molecule has 172 valence electrons. The highest BCUT2D eigenvalue weighted by molar-refractivity contribution is 7.17. The average Bonchev–Trinajstić information content (AvgIpc) is 3.39. The topological polar surface area (TPSA) is 56.9 Å². The van der Waals surface area contributed by atoms with Crippen molar-refractivity contribution >= 4 is 22.0 Å². The van der Waals surface area contributed by atoms with Crippen LogP contribution in [0.15, 0.2) is 48.5 Å². The summed E-state index contributed by atoms with van der Waals surface area (Å²) in [6.45, 7) is 7.08. The number of anilines is 1. The fourth-order valence-electron chi connectivity index (χ4n) is 4.51. The van der Waals surface area contributed by atoms with Crippen LogP contribution in [-0.2, 0) is 12.8 Å². The molecule has 1 aliphatic rings. The molecule has 1 fully saturated rings. The van der Waals surface area contributed by atoms with E-state index in [1.807, 2.05) is 19.1 Å². The van der Waals surface area contributed by atoms with Gasteiger partial charge in [0.25, 0.3) is 0 Å². The van der Waals surface area contributed by atoms with E-state index in [9.17, 15) is 9.50 Å². The van der Waals surface area contributed by atoms with Gasteiger partial charge in [-0.3, -0.25) is 4.90 Å². The van der Waals surface area contributed by atoms with Crippen LogP contribution in [0.25, 0.3) is 4.96 Å². The largest absolute Gasteiger partial charge is 0.492 e. The lowest BCUT2D eigenvalue weighted by Gasteiger charge is -2.40. The molecule has 1 N–H and O–H groups in total. The summed E-state index contributed by atoms with van der Waals surface area (Å²) in [5.41, 5.74) is 3.05. The Kier molecular flexibility index (Phi) is 6.03. The summed E-state index contributed by atoms with van der Waals surface area (Å²) in [6.07, 6.45) is 1.71. The van der Waals surface area contributed by atoms with Gasteiger partial charge in [-0.1, -0.05) is 61.6 Å². The van der Waals surface area contributed by atoms with E-state index < -0.39 is 0 Å². The Balaban J connectivity index is 1.48. The molecule has 1 atom stereocenters. The predicted molar refractivity (Wildman–Crippen MR) is 130 cm³/mol. The number of hydrogen-bond donors (Lipinski definition) is 1. The van der Waals surface area contributed by atoms with Gasteiger partial charge >= 0.3 is 0 Å². The van der Waals surface area contributed by atoms with Crippen molar-refractivity contribution in [3.05, 3.63) is 76.2 Å². The number of benzene rings is 2. The fourth-order valence-corrected chi connectivity index (χ4v) is 5.65. The van der Waals surface area contributed by atoms with Gasteiger partial charge in [-0.05, 0) is 29.7 Å².